The summed E-state index contributed by atoms with van der Waals surface area (Å²) in [5.41, 5.74) is 1.82. The molecule has 0 radical (unpaired) electrons. The Morgan fingerprint density at radius 3 is 2.50 bits per heavy atom. The summed E-state index contributed by atoms with van der Waals surface area (Å²) in [6.45, 7) is 10.2. The van der Waals surface area contributed by atoms with E-state index in [4.69, 9.17) is 9.47 Å². The molecule has 0 unspecified atom stereocenters. The van der Waals surface area contributed by atoms with Crippen molar-refractivity contribution in [3.63, 3.8) is 0 Å². The first kappa shape index (κ1) is 20.7. The number of ether oxygens (including phenoxy) is 2. The smallest absolute Gasteiger partial charge is 0.123 e. The molecule has 0 saturated heterocycles. The monoisotopic (exact) mass is 412 g/mol. The molecule has 3 heteroatoms. The van der Waals surface area contributed by atoms with Crippen molar-refractivity contribution in [2.24, 2.45) is 34.0 Å². The Labute approximate surface area is 182 Å². The molecule has 3 nitrogen and oxygen atoms in total. The number of hydrogen-bond acceptors (Lipinski definition) is 3. The zero-order valence-corrected chi connectivity index (χ0v) is 19.6. The van der Waals surface area contributed by atoms with Gasteiger partial charge in [0.15, 0.2) is 0 Å². The number of methoxy groups -OCH3 is 1. The van der Waals surface area contributed by atoms with Gasteiger partial charge in [0, 0.05) is 17.9 Å². The molecule has 0 spiro atoms. The van der Waals surface area contributed by atoms with E-state index in [-0.39, 0.29) is 16.4 Å². The maximum Gasteiger partial charge on any atom is 0.123 e. The molecule has 3 aliphatic carbocycles. The average molecular weight is 413 g/mol. The van der Waals surface area contributed by atoms with Crippen LogP contribution in [0.1, 0.15) is 78.2 Å². The molecule has 3 saturated carbocycles. The highest BCUT2D eigenvalue weighted by Crippen LogP contribution is 2.70. The van der Waals surface area contributed by atoms with Gasteiger partial charge in [0.05, 0.1) is 7.11 Å². The summed E-state index contributed by atoms with van der Waals surface area (Å²) in [4.78, 5) is 0. The van der Waals surface area contributed by atoms with Crippen molar-refractivity contribution in [3.05, 3.63) is 23.8 Å². The summed E-state index contributed by atoms with van der Waals surface area (Å²) in [7, 11) is 1.74. The molecule has 5 rings (SSSR count). The Balaban J connectivity index is 1.56. The maximum atomic E-state index is 10.9. The van der Waals surface area contributed by atoms with Crippen molar-refractivity contribution in [2.45, 2.75) is 84.7 Å². The highest BCUT2D eigenvalue weighted by Gasteiger charge is 2.66. The Morgan fingerprint density at radius 1 is 1.00 bits per heavy atom. The van der Waals surface area contributed by atoms with Gasteiger partial charge in [-0.2, -0.15) is 0 Å². The average Bonchev–Trinajstić information content (AvgIpc) is 2.71. The Bertz CT molecular complexity index is 831. The highest BCUT2D eigenvalue weighted by atomic mass is 16.5. The fourth-order valence-corrected chi connectivity index (χ4v) is 9.00. The van der Waals surface area contributed by atoms with E-state index in [2.05, 4.69) is 39.8 Å². The van der Waals surface area contributed by atoms with E-state index in [0.717, 1.165) is 24.3 Å². The van der Waals surface area contributed by atoms with Crippen molar-refractivity contribution in [3.8, 4) is 11.5 Å². The SMILES string of the molecule is COc1ccc2c(c1)C[C@H]1[C@]3(C)CC[C@H]4C(C)(C)CCC[C@]4(CO)[C@H]3CC[C@]1(C)O2. The molecule has 1 N–H and O–H groups in total. The molecule has 166 valence electrons. The molecular formula is C27H40O3. The van der Waals surface area contributed by atoms with Crippen LogP contribution in [0.5, 0.6) is 11.5 Å². The van der Waals surface area contributed by atoms with Gasteiger partial charge in [-0.25, -0.2) is 0 Å². The summed E-state index contributed by atoms with van der Waals surface area (Å²) >= 11 is 0. The van der Waals surface area contributed by atoms with Crippen LogP contribution in [0.2, 0.25) is 0 Å². The van der Waals surface area contributed by atoms with Crippen LogP contribution in [0.3, 0.4) is 0 Å². The zero-order chi connectivity index (χ0) is 21.4. The topological polar surface area (TPSA) is 38.7 Å². The van der Waals surface area contributed by atoms with Gasteiger partial charge in [-0.3, -0.25) is 0 Å². The molecule has 0 bridgehead atoms. The standard InChI is InChI=1S/C27H40O3/c1-24(2)11-6-12-27(17-28)21(24)9-13-25(3)22(27)10-14-26(4)23(25)16-18-15-19(29-5)7-8-20(18)30-26/h7-8,15,21-23,28H,6,9-14,16-17H2,1-5H3/t21-,22-,23-,25+,26-,27+/m0/s1. The summed E-state index contributed by atoms with van der Waals surface area (Å²) < 4.78 is 12.3. The predicted molar refractivity (Wildman–Crippen MR) is 120 cm³/mol. The van der Waals surface area contributed by atoms with E-state index in [1.54, 1.807) is 7.11 Å². The first-order chi connectivity index (χ1) is 14.2. The van der Waals surface area contributed by atoms with Crippen LogP contribution < -0.4 is 9.47 Å². The van der Waals surface area contributed by atoms with E-state index in [9.17, 15) is 5.11 Å². The molecule has 30 heavy (non-hydrogen) atoms. The first-order valence-electron chi connectivity index (χ1n) is 12.2. The normalized spacial score (nSPS) is 44.0. The lowest BCUT2D eigenvalue weighted by atomic mass is 9.37. The Hall–Kier alpha value is -1.22. The fourth-order valence-electron chi connectivity index (χ4n) is 9.00. The van der Waals surface area contributed by atoms with Crippen molar-refractivity contribution in [2.75, 3.05) is 13.7 Å². The molecule has 0 aromatic heterocycles. The minimum absolute atomic E-state index is 0.0880. The molecule has 6 atom stereocenters. The van der Waals surface area contributed by atoms with Gasteiger partial charge in [0.25, 0.3) is 0 Å². The molecule has 1 aromatic rings. The van der Waals surface area contributed by atoms with E-state index >= 15 is 0 Å². The lowest BCUT2D eigenvalue weighted by molar-refractivity contribution is -0.223. The van der Waals surface area contributed by atoms with Crippen molar-refractivity contribution in [1.29, 1.82) is 0 Å². The van der Waals surface area contributed by atoms with Gasteiger partial charge in [-0.05, 0) is 98.3 Å². The van der Waals surface area contributed by atoms with E-state index in [1.807, 2.05) is 6.07 Å². The molecule has 4 aliphatic rings. The summed E-state index contributed by atoms with van der Waals surface area (Å²) in [6.07, 6.45) is 9.61. The van der Waals surface area contributed by atoms with Crippen molar-refractivity contribution >= 4 is 0 Å². The number of benzene rings is 1. The summed E-state index contributed by atoms with van der Waals surface area (Å²) in [5, 5.41) is 10.9. The van der Waals surface area contributed by atoms with Gasteiger partial charge < -0.3 is 14.6 Å². The second-order valence-corrected chi connectivity index (χ2v) is 12.1. The maximum absolute atomic E-state index is 10.9. The van der Waals surface area contributed by atoms with Crippen LogP contribution in [0.4, 0.5) is 0 Å². The van der Waals surface area contributed by atoms with E-state index < -0.39 is 0 Å². The van der Waals surface area contributed by atoms with E-state index in [0.29, 0.717) is 29.8 Å². The minimum Gasteiger partial charge on any atom is -0.497 e. The number of hydrogen-bond donors (Lipinski definition) is 1. The zero-order valence-electron chi connectivity index (χ0n) is 19.6. The van der Waals surface area contributed by atoms with Crippen LogP contribution in [-0.2, 0) is 6.42 Å². The third-order valence-electron chi connectivity index (χ3n) is 10.4. The van der Waals surface area contributed by atoms with Gasteiger partial charge in [-0.1, -0.05) is 27.2 Å². The molecule has 1 aliphatic heterocycles. The Kier molecular flexibility index (Phi) is 4.57. The van der Waals surface area contributed by atoms with E-state index in [1.165, 1.54) is 44.1 Å². The molecule has 0 amide bonds. The van der Waals surface area contributed by atoms with Crippen LogP contribution in [-0.4, -0.2) is 24.4 Å². The largest absolute Gasteiger partial charge is 0.497 e. The highest BCUT2D eigenvalue weighted by molar-refractivity contribution is 5.43. The van der Waals surface area contributed by atoms with Gasteiger partial charge >= 0.3 is 0 Å². The third-order valence-corrected chi connectivity index (χ3v) is 10.4. The molecule has 1 heterocycles. The molecule has 3 fully saturated rings. The van der Waals surface area contributed by atoms with Crippen molar-refractivity contribution < 1.29 is 14.6 Å². The molecule has 1 aromatic carbocycles. The second-order valence-electron chi connectivity index (χ2n) is 12.1. The lowest BCUT2D eigenvalue weighted by Gasteiger charge is -2.69. The van der Waals surface area contributed by atoms with Gasteiger partial charge in [0.2, 0.25) is 0 Å². The fraction of sp³-hybridized carbons (Fsp3) is 0.778. The number of rotatable bonds is 2. The minimum atomic E-state index is -0.111. The Morgan fingerprint density at radius 2 is 1.77 bits per heavy atom. The van der Waals surface area contributed by atoms with Crippen LogP contribution in [0, 0.1) is 34.0 Å². The predicted octanol–water partition coefficient (Wildman–Crippen LogP) is 6.02. The van der Waals surface area contributed by atoms with Gasteiger partial charge in [0.1, 0.15) is 17.1 Å². The first-order valence-corrected chi connectivity index (χ1v) is 12.2. The van der Waals surface area contributed by atoms with Crippen molar-refractivity contribution in [1.82, 2.24) is 0 Å². The van der Waals surface area contributed by atoms with Crippen LogP contribution >= 0.6 is 0 Å². The number of aliphatic hydroxyl groups is 1. The lowest BCUT2D eigenvalue weighted by Crippen LogP contribution is -2.66. The number of fused-ring (bicyclic) bond motifs is 6. The molecular weight excluding hydrogens is 372 g/mol. The van der Waals surface area contributed by atoms with Crippen LogP contribution in [0.25, 0.3) is 0 Å². The van der Waals surface area contributed by atoms with Gasteiger partial charge in [-0.15, -0.1) is 0 Å². The third kappa shape index (κ3) is 2.66. The van der Waals surface area contributed by atoms with Crippen LogP contribution in [0.15, 0.2) is 18.2 Å². The number of aliphatic hydroxyl groups excluding tert-OH is 1. The summed E-state index contributed by atoms with van der Waals surface area (Å²) in [5.74, 6) is 3.67. The summed E-state index contributed by atoms with van der Waals surface area (Å²) in [6, 6.07) is 6.30. The second kappa shape index (κ2) is 6.64. The quantitative estimate of drug-likeness (QED) is 0.645.